The predicted octanol–water partition coefficient (Wildman–Crippen LogP) is 5.68. The van der Waals surface area contributed by atoms with Gasteiger partial charge in [0.1, 0.15) is 5.78 Å². The smallest absolute Gasteiger partial charge is 0.303 e. The fraction of sp³-hybridized carbons (Fsp3) is 0.867. The summed E-state index contributed by atoms with van der Waals surface area (Å²) in [7, 11) is 0. The fourth-order valence-corrected chi connectivity index (χ4v) is 4.77. The summed E-state index contributed by atoms with van der Waals surface area (Å²) in [4.78, 5) is 46.1. The number of carboxylic acid groups (broad SMARTS) is 1. The number of ketones is 1. The lowest BCUT2D eigenvalue weighted by atomic mass is 9.89. The number of aliphatic hydroxyl groups is 1. The van der Waals surface area contributed by atoms with Crippen LogP contribution >= 0.6 is 0 Å². The van der Waals surface area contributed by atoms with Crippen LogP contribution in [0, 0.1) is 11.8 Å². The number of rotatable bonds is 28. The van der Waals surface area contributed by atoms with Crippen molar-refractivity contribution in [2.75, 3.05) is 13.2 Å². The molecule has 222 valence electrons. The van der Waals surface area contributed by atoms with Crippen LogP contribution in [-0.4, -0.2) is 46.9 Å². The lowest BCUT2D eigenvalue weighted by molar-refractivity contribution is -0.137. The summed E-state index contributed by atoms with van der Waals surface area (Å²) < 4.78 is 0. The molecule has 0 aliphatic carbocycles. The minimum absolute atomic E-state index is 0.000992. The third-order valence-corrected chi connectivity index (χ3v) is 7.36. The Morgan fingerprint density at radius 2 is 1.16 bits per heavy atom. The van der Waals surface area contributed by atoms with Gasteiger partial charge >= 0.3 is 5.97 Å². The van der Waals surface area contributed by atoms with Gasteiger partial charge in [-0.25, -0.2) is 0 Å². The van der Waals surface area contributed by atoms with Gasteiger partial charge in [0, 0.05) is 31.7 Å². The Kier molecular flexibility index (Phi) is 24.0. The Morgan fingerprint density at radius 3 is 1.58 bits per heavy atom. The first kappa shape index (κ1) is 36.0. The van der Waals surface area contributed by atoms with Gasteiger partial charge in [-0.3, -0.25) is 19.2 Å². The van der Waals surface area contributed by atoms with Crippen LogP contribution in [0.5, 0.6) is 0 Å². The summed E-state index contributed by atoms with van der Waals surface area (Å²) in [5.74, 6) is -2.18. The maximum absolute atomic E-state index is 12.4. The van der Waals surface area contributed by atoms with Crippen LogP contribution < -0.4 is 11.1 Å². The number of aliphatic hydroxyl groups excluding tert-OH is 1. The number of unbranched alkanes of at least 4 members (excludes halogenated alkanes) is 14. The van der Waals surface area contributed by atoms with Crippen LogP contribution in [0.3, 0.4) is 0 Å². The second kappa shape index (κ2) is 25.3. The van der Waals surface area contributed by atoms with Crippen molar-refractivity contribution in [3.05, 3.63) is 0 Å². The second-order valence-corrected chi connectivity index (χ2v) is 10.7. The Bertz CT molecular complexity index is 640. The molecule has 0 radical (unpaired) electrons. The monoisotopic (exact) mass is 540 g/mol. The summed E-state index contributed by atoms with van der Waals surface area (Å²) in [6.07, 6.45) is 20.3. The molecular weight excluding hydrogens is 484 g/mol. The van der Waals surface area contributed by atoms with E-state index in [1.54, 1.807) is 0 Å². The van der Waals surface area contributed by atoms with Gasteiger partial charge < -0.3 is 21.3 Å². The van der Waals surface area contributed by atoms with Crippen LogP contribution in [0.1, 0.15) is 142 Å². The molecule has 0 rings (SSSR count). The quantitative estimate of drug-likeness (QED) is 0.0939. The fourth-order valence-electron chi connectivity index (χ4n) is 4.77. The van der Waals surface area contributed by atoms with Crippen molar-refractivity contribution in [2.45, 2.75) is 142 Å². The standard InChI is InChI=1S/C30H56N2O6/c1-2-25(27(34)23-26(24-33)30(31)38)19-17-18-22-32-28(35)20-15-13-11-9-7-5-3-4-6-8-10-12-14-16-21-29(36)37/h25-26,33H,2-24H2,1H3,(H2,31,38)(H,32,35)(H,36,37)/t25-,26+/m1/s1. The van der Waals surface area contributed by atoms with E-state index in [1.165, 1.54) is 57.8 Å². The Morgan fingerprint density at radius 1 is 0.684 bits per heavy atom. The zero-order valence-corrected chi connectivity index (χ0v) is 24.0. The summed E-state index contributed by atoms with van der Waals surface area (Å²) in [6.45, 7) is 2.17. The zero-order valence-electron chi connectivity index (χ0n) is 24.0. The first-order valence-electron chi connectivity index (χ1n) is 15.2. The molecule has 0 unspecified atom stereocenters. The Balaban J connectivity index is 3.52. The average molecular weight is 541 g/mol. The number of primary amides is 1. The highest BCUT2D eigenvalue weighted by molar-refractivity contribution is 5.87. The summed E-state index contributed by atoms with van der Waals surface area (Å²) >= 11 is 0. The van der Waals surface area contributed by atoms with Gasteiger partial charge in [0.15, 0.2) is 0 Å². The van der Waals surface area contributed by atoms with E-state index in [0.29, 0.717) is 25.8 Å². The molecule has 2 amide bonds. The molecular formula is C30H56N2O6. The van der Waals surface area contributed by atoms with E-state index in [9.17, 15) is 24.3 Å². The van der Waals surface area contributed by atoms with Crippen molar-refractivity contribution in [3.8, 4) is 0 Å². The highest BCUT2D eigenvalue weighted by Crippen LogP contribution is 2.18. The number of Topliss-reactive ketones (excluding diaryl/α,β-unsaturated/α-hetero) is 1. The minimum atomic E-state index is -0.799. The molecule has 0 heterocycles. The Labute approximate surface area is 230 Å². The molecule has 38 heavy (non-hydrogen) atoms. The van der Waals surface area contributed by atoms with Gasteiger partial charge in [0.05, 0.1) is 12.5 Å². The molecule has 0 saturated carbocycles. The van der Waals surface area contributed by atoms with Gasteiger partial charge in [-0.2, -0.15) is 0 Å². The van der Waals surface area contributed by atoms with E-state index in [0.717, 1.165) is 51.4 Å². The molecule has 0 bridgehead atoms. The minimum Gasteiger partial charge on any atom is -0.481 e. The van der Waals surface area contributed by atoms with Crippen LogP contribution in [0.2, 0.25) is 0 Å². The molecule has 5 N–H and O–H groups in total. The molecule has 0 spiro atoms. The molecule has 0 saturated heterocycles. The molecule has 0 aliphatic rings. The van der Waals surface area contributed by atoms with Gasteiger partial charge in [-0.15, -0.1) is 0 Å². The van der Waals surface area contributed by atoms with E-state index in [4.69, 9.17) is 10.8 Å². The molecule has 8 nitrogen and oxygen atoms in total. The molecule has 0 aliphatic heterocycles. The average Bonchev–Trinajstić information content (AvgIpc) is 2.88. The molecule has 0 aromatic carbocycles. The molecule has 0 aromatic heterocycles. The van der Waals surface area contributed by atoms with Gasteiger partial charge in [0.2, 0.25) is 11.8 Å². The van der Waals surface area contributed by atoms with Crippen molar-refractivity contribution in [2.24, 2.45) is 17.6 Å². The third kappa shape index (κ3) is 22.1. The first-order valence-corrected chi connectivity index (χ1v) is 15.2. The number of nitrogens with one attached hydrogen (secondary N) is 1. The van der Waals surface area contributed by atoms with Gasteiger partial charge in [0.25, 0.3) is 0 Å². The van der Waals surface area contributed by atoms with Gasteiger partial charge in [-0.1, -0.05) is 90.4 Å². The summed E-state index contributed by atoms with van der Waals surface area (Å²) in [6, 6.07) is 0. The number of amides is 2. The van der Waals surface area contributed by atoms with Crippen LogP contribution in [0.25, 0.3) is 0 Å². The maximum Gasteiger partial charge on any atom is 0.303 e. The zero-order chi connectivity index (χ0) is 28.4. The Hall–Kier alpha value is -1.96. The number of hydrogen-bond acceptors (Lipinski definition) is 5. The molecule has 0 fully saturated rings. The lowest BCUT2D eigenvalue weighted by Crippen LogP contribution is -2.30. The maximum atomic E-state index is 12.4. The largest absolute Gasteiger partial charge is 0.481 e. The van der Waals surface area contributed by atoms with Gasteiger partial charge in [-0.05, 0) is 32.1 Å². The number of carbonyl (C=O) groups excluding carboxylic acids is 3. The van der Waals surface area contributed by atoms with E-state index < -0.39 is 24.4 Å². The van der Waals surface area contributed by atoms with E-state index in [1.807, 2.05) is 6.92 Å². The molecule has 0 aromatic rings. The highest BCUT2D eigenvalue weighted by atomic mass is 16.4. The second-order valence-electron chi connectivity index (χ2n) is 10.7. The molecule has 8 heteroatoms. The van der Waals surface area contributed by atoms with E-state index >= 15 is 0 Å². The van der Waals surface area contributed by atoms with Crippen LogP contribution in [-0.2, 0) is 19.2 Å². The number of carboxylic acids is 1. The van der Waals surface area contributed by atoms with Crippen molar-refractivity contribution in [3.63, 3.8) is 0 Å². The number of carbonyl (C=O) groups is 4. The van der Waals surface area contributed by atoms with Crippen molar-refractivity contribution in [1.82, 2.24) is 5.32 Å². The number of nitrogens with two attached hydrogens (primary N) is 1. The van der Waals surface area contributed by atoms with Crippen molar-refractivity contribution < 1.29 is 29.4 Å². The van der Waals surface area contributed by atoms with Crippen LogP contribution in [0.15, 0.2) is 0 Å². The SMILES string of the molecule is CC[C@H](CCCCNC(=O)CCCCCCCCCCCCCCCCC(=O)O)C(=O)C[C@@H](CO)C(N)=O. The topological polar surface area (TPSA) is 147 Å². The van der Waals surface area contributed by atoms with Crippen molar-refractivity contribution in [1.29, 1.82) is 0 Å². The summed E-state index contributed by atoms with van der Waals surface area (Å²) in [5, 5.41) is 20.8. The normalized spacial score (nSPS) is 12.7. The highest BCUT2D eigenvalue weighted by Gasteiger charge is 2.23. The molecule has 2 atom stereocenters. The summed E-state index contributed by atoms with van der Waals surface area (Å²) in [5.41, 5.74) is 5.21. The van der Waals surface area contributed by atoms with Crippen LogP contribution in [0.4, 0.5) is 0 Å². The van der Waals surface area contributed by atoms with Crippen molar-refractivity contribution >= 4 is 23.6 Å². The first-order chi connectivity index (χ1) is 18.3. The number of aliphatic carboxylic acids is 1. The lowest BCUT2D eigenvalue weighted by Gasteiger charge is -2.16. The third-order valence-electron chi connectivity index (χ3n) is 7.36. The number of hydrogen-bond donors (Lipinski definition) is 4. The van der Waals surface area contributed by atoms with E-state index in [-0.39, 0.29) is 24.0 Å². The van der Waals surface area contributed by atoms with E-state index in [2.05, 4.69) is 5.32 Å². The predicted molar refractivity (Wildman–Crippen MR) is 152 cm³/mol.